The Bertz CT molecular complexity index is 682. The van der Waals surface area contributed by atoms with Crippen LogP contribution in [0.2, 0.25) is 5.02 Å². The van der Waals surface area contributed by atoms with Gasteiger partial charge in [0, 0.05) is 6.07 Å². The molecule has 110 valence electrons. The highest BCUT2D eigenvalue weighted by Crippen LogP contribution is 2.30. The van der Waals surface area contributed by atoms with Crippen molar-refractivity contribution in [3.8, 4) is 5.75 Å². The van der Waals surface area contributed by atoms with E-state index in [0.29, 0.717) is 15.8 Å². The number of hydrogen-bond donors (Lipinski definition) is 2. The Kier molecular flexibility index (Phi) is 5.03. The summed E-state index contributed by atoms with van der Waals surface area (Å²) in [5, 5.41) is 2.57. The molecule has 0 saturated carbocycles. The minimum absolute atomic E-state index is 0.0317. The van der Waals surface area contributed by atoms with Gasteiger partial charge in [-0.1, -0.05) is 23.7 Å². The number of rotatable bonds is 4. The van der Waals surface area contributed by atoms with Gasteiger partial charge >= 0.3 is 0 Å². The second-order valence-corrected chi connectivity index (χ2v) is 5.38. The Morgan fingerprint density at radius 2 is 2.10 bits per heavy atom. The second-order valence-electron chi connectivity index (χ2n) is 4.12. The van der Waals surface area contributed by atoms with Crippen LogP contribution in [0.4, 0.5) is 15.8 Å². The fourth-order valence-electron chi connectivity index (χ4n) is 1.56. The molecule has 21 heavy (non-hydrogen) atoms. The zero-order chi connectivity index (χ0) is 15.4. The van der Waals surface area contributed by atoms with Gasteiger partial charge < -0.3 is 15.8 Å². The number of nitrogen functional groups attached to an aromatic ring is 1. The number of nitrogens with one attached hydrogen (secondary N) is 1. The number of benzene rings is 2. The minimum Gasteiger partial charge on any atom is -0.482 e. The number of nitrogens with two attached hydrogens (primary N) is 1. The van der Waals surface area contributed by atoms with Crippen LogP contribution in [0, 0.1) is 5.82 Å². The molecule has 0 heterocycles. The molecule has 0 radical (unpaired) electrons. The summed E-state index contributed by atoms with van der Waals surface area (Å²) in [5.74, 6) is -0.842. The molecule has 2 rings (SSSR count). The summed E-state index contributed by atoms with van der Waals surface area (Å²) in [5.41, 5.74) is 6.65. The second kappa shape index (κ2) is 6.78. The summed E-state index contributed by atoms with van der Waals surface area (Å²) in [6.07, 6.45) is 0. The van der Waals surface area contributed by atoms with Crippen LogP contribution < -0.4 is 15.8 Å². The van der Waals surface area contributed by atoms with Gasteiger partial charge in [-0.2, -0.15) is 0 Å². The standard InChI is InChI=1S/C14H11BrClFN2O2/c15-8-5-9(16)10(17)6-13(8)21-7-14(20)19-12-4-2-1-3-11(12)18/h1-6H,7,18H2,(H,19,20). The van der Waals surface area contributed by atoms with E-state index in [9.17, 15) is 9.18 Å². The molecule has 2 aromatic carbocycles. The van der Waals surface area contributed by atoms with E-state index in [1.165, 1.54) is 6.07 Å². The molecular weight excluding hydrogens is 363 g/mol. The van der Waals surface area contributed by atoms with Crippen LogP contribution in [0.3, 0.4) is 0 Å². The lowest BCUT2D eigenvalue weighted by Gasteiger charge is -2.10. The zero-order valence-electron chi connectivity index (χ0n) is 10.7. The van der Waals surface area contributed by atoms with Crippen molar-refractivity contribution in [1.29, 1.82) is 0 Å². The molecule has 0 unspecified atom stereocenters. The number of anilines is 2. The van der Waals surface area contributed by atoms with Crippen molar-refractivity contribution in [3.05, 3.63) is 51.7 Å². The van der Waals surface area contributed by atoms with Crippen LogP contribution in [0.25, 0.3) is 0 Å². The number of hydrogen-bond acceptors (Lipinski definition) is 3. The van der Waals surface area contributed by atoms with Crippen LogP contribution >= 0.6 is 27.5 Å². The summed E-state index contributed by atoms with van der Waals surface area (Å²) in [7, 11) is 0. The zero-order valence-corrected chi connectivity index (χ0v) is 13.0. The first-order valence-corrected chi connectivity index (χ1v) is 7.06. The van der Waals surface area contributed by atoms with Crippen LogP contribution in [0.15, 0.2) is 40.9 Å². The first-order valence-electron chi connectivity index (χ1n) is 5.89. The Hall–Kier alpha value is -1.79. The highest BCUT2D eigenvalue weighted by atomic mass is 79.9. The predicted octanol–water partition coefficient (Wildman–Crippen LogP) is 3.84. The van der Waals surface area contributed by atoms with E-state index in [4.69, 9.17) is 22.1 Å². The Morgan fingerprint density at radius 1 is 1.38 bits per heavy atom. The maximum atomic E-state index is 13.3. The number of amides is 1. The van der Waals surface area contributed by atoms with Crippen molar-refractivity contribution in [2.24, 2.45) is 0 Å². The monoisotopic (exact) mass is 372 g/mol. The van der Waals surface area contributed by atoms with E-state index in [1.54, 1.807) is 24.3 Å². The molecular formula is C14H11BrClFN2O2. The third kappa shape index (κ3) is 4.09. The quantitative estimate of drug-likeness (QED) is 0.632. The third-order valence-corrected chi connectivity index (χ3v) is 3.48. The van der Waals surface area contributed by atoms with Gasteiger partial charge in [0.15, 0.2) is 6.61 Å². The fraction of sp³-hybridized carbons (Fsp3) is 0.0714. The average Bonchev–Trinajstić information content (AvgIpc) is 2.44. The number of ether oxygens (including phenoxy) is 1. The first kappa shape index (κ1) is 15.6. The number of halogens is 3. The summed E-state index contributed by atoms with van der Waals surface area (Å²) >= 11 is 8.80. The molecule has 4 nitrogen and oxygen atoms in total. The van der Waals surface area contributed by atoms with Crippen molar-refractivity contribution < 1.29 is 13.9 Å². The molecule has 0 aliphatic heterocycles. The molecule has 0 aliphatic carbocycles. The first-order chi connectivity index (χ1) is 9.97. The lowest BCUT2D eigenvalue weighted by atomic mass is 10.2. The van der Waals surface area contributed by atoms with Crippen molar-refractivity contribution in [1.82, 2.24) is 0 Å². The van der Waals surface area contributed by atoms with Gasteiger partial charge in [0.25, 0.3) is 5.91 Å². The molecule has 0 fully saturated rings. The number of carbonyl (C=O) groups excluding carboxylic acids is 1. The molecule has 2 aromatic rings. The topological polar surface area (TPSA) is 64.3 Å². The van der Waals surface area contributed by atoms with Gasteiger partial charge in [-0.3, -0.25) is 4.79 Å². The molecule has 0 bridgehead atoms. The highest BCUT2D eigenvalue weighted by molar-refractivity contribution is 9.10. The highest BCUT2D eigenvalue weighted by Gasteiger charge is 2.10. The van der Waals surface area contributed by atoms with E-state index in [-0.39, 0.29) is 17.4 Å². The Balaban J connectivity index is 1.99. The molecule has 0 aliphatic rings. The maximum Gasteiger partial charge on any atom is 0.262 e. The average molecular weight is 374 g/mol. The Morgan fingerprint density at radius 3 is 2.81 bits per heavy atom. The van der Waals surface area contributed by atoms with Crippen LogP contribution in [0.1, 0.15) is 0 Å². The lowest BCUT2D eigenvalue weighted by molar-refractivity contribution is -0.118. The van der Waals surface area contributed by atoms with Gasteiger partial charge in [-0.05, 0) is 34.1 Å². The van der Waals surface area contributed by atoms with Crippen LogP contribution in [-0.4, -0.2) is 12.5 Å². The molecule has 0 atom stereocenters. The smallest absolute Gasteiger partial charge is 0.262 e. The van der Waals surface area contributed by atoms with Crippen LogP contribution in [0.5, 0.6) is 5.75 Å². The molecule has 0 spiro atoms. The number of carbonyl (C=O) groups is 1. The SMILES string of the molecule is Nc1ccccc1NC(=O)COc1cc(F)c(Cl)cc1Br. The molecule has 0 saturated heterocycles. The van der Waals surface area contributed by atoms with Gasteiger partial charge in [-0.25, -0.2) is 4.39 Å². The largest absolute Gasteiger partial charge is 0.482 e. The minimum atomic E-state index is -0.623. The summed E-state index contributed by atoms with van der Waals surface area (Å²) in [6, 6.07) is 9.32. The molecule has 1 amide bonds. The molecule has 7 heteroatoms. The van der Waals surface area contributed by atoms with Crippen molar-refractivity contribution >= 4 is 44.8 Å². The Labute approximate surface area is 134 Å². The van der Waals surface area contributed by atoms with E-state index in [0.717, 1.165) is 6.07 Å². The molecule has 0 aromatic heterocycles. The summed E-state index contributed by atoms with van der Waals surface area (Å²) in [4.78, 5) is 11.8. The summed E-state index contributed by atoms with van der Waals surface area (Å²) < 4.78 is 19.0. The van der Waals surface area contributed by atoms with Gasteiger partial charge in [-0.15, -0.1) is 0 Å². The van der Waals surface area contributed by atoms with E-state index in [2.05, 4.69) is 21.2 Å². The van der Waals surface area contributed by atoms with Crippen molar-refractivity contribution in [3.63, 3.8) is 0 Å². The molecule has 3 N–H and O–H groups in total. The van der Waals surface area contributed by atoms with E-state index < -0.39 is 11.7 Å². The predicted molar refractivity (Wildman–Crippen MR) is 84.1 cm³/mol. The van der Waals surface area contributed by atoms with E-state index in [1.807, 2.05) is 0 Å². The van der Waals surface area contributed by atoms with E-state index >= 15 is 0 Å². The van der Waals surface area contributed by atoms with Crippen molar-refractivity contribution in [2.45, 2.75) is 0 Å². The van der Waals surface area contributed by atoms with Crippen molar-refractivity contribution in [2.75, 3.05) is 17.7 Å². The van der Waals surface area contributed by atoms with Gasteiger partial charge in [0.2, 0.25) is 0 Å². The fourth-order valence-corrected chi connectivity index (χ4v) is 2.31. The van der Waals surface area contributed by atoms with Gasteiger partial charge in [0.05, 0.1) is 20.9 Å². The third-order valence-electron chi connectivity index (χ3n) is 2.57. The van der Waals surface area contributed by atoms with Gasteiger partial charge in [0.1, 0.15) is 11.6 Å². The number of para-hydroxylation sites is 2. The normalized spacial score (nSPS) is 10.2. The summed E-state index contributed by atoms with van der Waals surface area (Å²) in [6.45, 7) is -0.284. The van der Waals surface area contributed by atoms with Crippen LogP contribution in [-0.2, 0) is 4.79 Å². The maximum absolute atomic E-state index is 13.3. The lowest BCUT2D eigenvalue weighted by Crippen LogP contribution is -2.20.